The Morgan fingerprint density at radius 2 is 1.59 bits per heavy atom. The second kappa shape index (κ2) is 18.8. The molecule has 0 amide bonds. The molecule has 0 radical (unpaired) electrons. The Labute approximate surface area is 296 Å². The number of aromatic nitrogens is 3. The van der Waals surface area contributed by atoms with E-state index >= 15 is 0 Å². The van der Waals surface area contributed by atoms with Gasteiger partial charge in [-0.2, -0.15) is 10.2 Å². The first-order chi connectivity index (χ1) is 24.2. The third-order valence-electron chi connectivity index (χ3n) is 7.42. The Balaban J connectivity index is 2.04. The maximum atomic E-state index is 14.5. The molecular formula is C33H48N5O12P. The molecule has 2 aromatic heterocycles. The minimum absolute atomic E-state index is 0.0148. The van der Waals surface area contributed by atoms with Crippen LogP contribution in [-0.4, -0.2) is 90.4 Å². The minimum Gasteiger partial charge on any atom is -0.491 e. The first-order valence-electron chi connectivity index (χ1n) is 16.4. The Morgan fingerprint density at radius 3 is 2.20 bits per heavy atom. The number of fused-ring (bicyclic) bond motifs is 1. The van der Waals surface area contributed by atoms with Crippen LogP contribution in [0.4, 0.5) is 5.82 Å². The molecule has 51 heavy (non-hydrogen) atoms. The second-order valence-electron chi connectivity index (χ2n) is 11.8. The van der Waals surface area contributed by atoms with Gasteiger partial charge >= 0.3 is 25.7 Å². The Kier molecular flexibility index (Phi) is 15.2. The van der Waals surface area contributed by atoms with Crippen LogP contribution in [0.5, 0.6) is 11.5 Å². The van der Waals surface area contributed by atoms with E-state index in [1.165, 1.54) is 43.9 Å². The number of anilines is 1. The summed E-state index contributed by atoms with van der Waals surface area (Å²) in [5.41, 5.74) is 5.05. The lowest BCUT2D eigenvalue weighted by Crippen LogP contribution is -2.52. The largest absolute Gasteiger partial charge is 0.491 e. The van der Waals surface area contributed by atoms with Crippen LogP contribution in [0.25, 0.3) is 5.52 Å². The fraction of sp³-hybridized carbons (Fsp3) is 0.545. The molecular weight excluding hydrogens is 689 g/mol. The van der Waals surface area contributed by atoms with Crippen LogP contribution < -0.4 is 20.1 Å². The summed E-state index contributed by atoms with van der Waals surface area (Å²) >= 11 is 0. The lowest BCUT2D eigenvalue weighted by Gasteiger charge is -2.39. The number of carbonyl (C=O) groups excluding carboxylic acids is 3. The molecule has 1 aromatic carbocycles. The number of nitrogens with two attached hydrogens (primary N) is 1. The van der Waals surface area contributed by atoms with E-state index in [-0.39, 0.29) is 30.1 Å². The van der Waals surface area contributed by atoms with Gasteiger partial charge in [0.25, 0.3) is 0 Å². The number of nitrogens with one attached hydrogen (secondary N) is 1. The van der Waals surface area contributed by atoms with Crippen molar-refractivity contribution < 1.29 is 56.4 Å². The Bertz CT molecular complexity index is 1650. The average Bonchev–Trinajstić information content (AvgIpc) is 3.54. The molecule has 5 atom stereocenters. The van der Waals surface area contributed by atoms with E-state index in [1.807, 2.05) is 0 Å². The lowest BCUT2D eigenvalue weighted by molar-refractivity contribution is -0.201. The van der Waals surface area contributed by atoms with Gasteiger partial charge in [-0.1, -0.05) is 13.8 Å². The molecule has 0 aliphatic carbocycles. The highest BCUT2D eigenvalue weighted by molar-refractivity contribution is 7.52. The minimum atomic E-state index is -4.48. The smallest absolute Gasteiger partial charge is 0.459 e. The van der Waals surface area contributed by atoms with Crippen molar-refractivity contribution in [1.29, 1.82) is 0 Å². The number of methoxy groups -OCH3 is 2. The standard InChI is InChI=1S/C33H48N5O12P/c1-9-27(39)48-29(25-15-16-26-31(34)35-20-36-38(25)26)30(49-28(40)10-2)33(6,44-8)19-46-51(42,37-22(5)32(41)47-21(3)4)50-24-13-11-23(12-14-24)45-18-17-43-7/h11-16,20-22,29-30H,9-10,17-19H2,1-8H3,(H,37,42)(H2,34,35,36)/t22-,29-,30-,33+,51?/m0/s1. The number of hydrogen-bond donors (Lipinski definition) is 2. The normalized spacial score (nSPS) is 15.6. The van der Waals surface area contributed by atoms with Crippen LogP contribution in [0.3, 0.4) is 0 Å². The second-order valence-corrected chi connectivity index (χ2v) is 13.5. The first kappa shape index (κ1) is 41.1. The molecule has 0 bridgehead atoms. The number of esters is 3. The van der Waals surface area contributed by atoms with Gasteiger partial charge in [0.1, 0.15) is 41.6 Å². The summed E-state index contributed by atoms with van der Waals surface area (Å²) in [7, 11) is -1.61. The number of nitrogens with zero attached hydrogens (tertiary/aromatic N) is 3. The molecule has 18 heteroatoms. The molecule has 282 valence electrons. The van der Waals surface area contributed by atoms with Gasteiger partial charge in [-0.15, -0.1) is 0 Å². The number of ether oxygens (including phenoxy) is 6. The molecule has 0 saturated heterocycles. The molecule has 0 aliphatic rings. The van der Waals surface area contributed by atoms with Crippen molar-refractivity contribution in [3.63, 3.8) is 0 Å². The maximum absolute atomic E-state index is 14.5. The van der Waals surface area contributed by atoms with Crippen LogP contribution in [0, 0.1) is 0 Å². The SMILES string of the molecule is CCC(=O)O[C@@H](c1ccc2c(N)ncnn12)[C@H](OC(=O)CC)[C@@](C)(COP(=O)(N[C@@H](C)C(=O)OC(C)C)Oc1ccc(OCCOC)cc1)OC. The van der Waals surface area contributed by atoms with Gasteiger partial charge in [0.15, 0.2) is 18.0 Å². The molecule has 2 heterocycles. The van der Waals surface area contributed by atoms with Gasteiger partial charge in [0.2, 0.25) is 0 Å². The quantitative estimate of drug-likeness (QED) is 0.0679. The van der Waals surface area contributed by atoms with Crippen molar-refractivity contribution in [3.8, 4) is 11.5 Å². The van der Waals surface area contributed by atoms with Crippen molar-refractivity contribution in [2.75, 3.05) is 39.8 Å². The van der Waals surface area contributed by atoms with E-state index in [0.29, 0.717) is 24.5 Å². The fourth-order valence-electron chi connectivity index (χ4n) is 4.59. The Morgan fingerprint density at radius 1 is 0.941 bits per heavy atom. The van der Waals surface area contributed by atoms with E-state index in [0.717, 1.165) is 0 Å². The molecule has 0 fully saturated rings. The number of carbonyl (C=O) groups is 3. The highest BCUT2D eigenvalue weighted by atomic mass is 31.2. The van der Waals surface area contributed by atoms with Gasteiger partial charge < -0.3 is 38.7 Å². The number of benzene rings is 1. The summed E-state index contributed by atoms with van der Waals surface area (Å²) in [4.78, 5) is 42.5. The summed E-state index contributed by atoms with van der Waals surface area (Å²) in [6, 6.07) is 8.25. The molecule has 1 unspecified atom stereocenters. The maximum Gasteiger partial charge on any atom is 0.459 e. The fourth-order valence-corrected chi connectivity index (χ4v) is 6.17. The summed E-state index contributed by atoms with van der Waals surface area (Å²) in [6.45, 7) is 9.59. The van der Waals surface area contributed by atoms with E-state index in [1.54, 1.807) is 59.1 Å². The van der Waals surface area contributed by atoms with Crippen LogP contribution in [0.1, 0.15) is 66.2 Å². The van der Waals surface area contributed by atoms with Crippen LogP contribution in [0.15, 0.2) is 42.7 Å². The van der Waals surface area contributed by atoms with Gasteiger partial charge in [0.05, 0.1) is 25.0 Å². The van der Waals surface area contributed by atoms with Gasteiger partial charge in [-0.05, 0) is 64.1 Å². The first-order valence-corrected chi connectivity index (χ1v) is 17.9. The van der Waals surface area contributed by atoms with Crippen LogP contribution >= 0.6 is 7.75 Å². The highest BCUT2D eigenvalue weighted by Crippen LogP contribution is 2.47. The number of hydrogen-bond acceptors (Lipinski definition) is 15. The molecule has 17 nitrogen and oxygen atoms in total. The number of nitrogen functional groups attached to an aromatic ring is 1. The van der Waals surface area contributed by atoms with E-state index in [2.05, 4.69) is 15.2 Å². The zero-order chi connectivity index (χ0) is 37.8. The average molecular weight is 738 g/mol. The van der Waals surface area contributed by atoms with Gasteiger partial charge in [-0.3, -0.25) is 18.9 Å². The third kappa shape index (κ3) is 11.4. The molecule has 0 saturated carbocycles. The predicted octanol–water partition coefficient (Wildman–Crippen LogP) is 4.19. The monoisotopic (exact) mass is 737 g/mol. The van der Waals surface area contributed by atoms with Crippen molar-refractivity contribution in [1.82, 2.24) is 19.7 Å². The van der Waals surface area contributed by atoms with E-state index in [4.69, 9.17) is 43.2 Å². The van der Waals surface area contributed by atoms with Crippen molar-refractivity contribution in [2.45, 2.75) is 84.3 Å². The van der Waals surface area contributed by atoms with Crippen LogP contribution in [0.2, 0.25) is 0 Å². The number of rotatable bonds is 21. The topological polar surface area (TPSA) is 210 Å². The zero-order valence-electron chi connectivity index (χ0n) is 30.2. The van der Waals surface area contributed by atoms with Crippen molar-refractivity contribution >= 4 is 37.0 Å². The highest BCUT2D eigenvalue weighted by Gasteiger charge is 2.49. The van der Waals surface area contributed by atoms with Gasteiger partial charge in [-0.25, -0.2) is 14.1 Å². The Hall–Kier alpha value is -4.28. The summed E-state index contributed by atoms with van der Waals surface area (Å²) < 4.78 is 61.3. The summed E-state index contributed by atoms with van der Waals surface area (Å²) in [5.74, 6) is -1.24. The van der Waals surface area contributed by atoms with Crippen LogP contribution in [-0.2, 0) is 47.2 Å². The third-order valence-corrected chi connectivity index (χ3v) is 9.05. The molecule has 3 rings (SSSR count). The van der Waals surface area contributed by atoms with Gasteiger partial charge in [0, 0.05) is 27.1 Å². The summed E-state index contributed by atoms with van der Waals surface area (Å²) in [6.07, 6.45) is -2.04. The molecule has 0 aliphatic heterocycles. The molecule has 3 aromatic rings. The van der Waals surface area contributed by atoms with Crippen molar-refractivity contribution in [3.05, 3.63) is 48.4 Å². The lowest BCUT2D eigenvalue weighted by atomic mass is 9.93. The summed E-state index contributed by atoms with van der Waals surface area (Å²) in [5, 5.41) is 6.89. The predicted molar refractivity (Wildman–Crippen MR) is 184 cm³/mol. The van der Waals surface area contributed by atoms with E-state index < -0.39 is 62.2 Å². The molecule has 3 N–H and O–H groups in total. The zero-order valence-corrected chi connectivity index (χ0v) is 31.0. The molecule has 0 spiro atoms. The van der Waals surface area contributed by atoms with E-state index in [9.17, 15) is 18.9 Å². The van der Waals surface area contributed by atoms with Crippen molar-refractivity contribution in [2.24, 2.45) is 0 Å².